The highest BCUT2D eigenvalue weighted by atomic mass is 16.3. The van der Waals surface area contributed by atoms with Gasteiger partial charge in [0.15, 0.2) is 0 Å². The molecule has 4 N–H and O–H groups in total. The van der Waals surface area contributed by atoms with Gasteiger partial charge < -0.3 is 25.7 Å². The predicted molar refractivity (Wildman–Crippen MR) is 132 cm³/mol. The van der Waals surface area contributed by atoms with E-state index in [1.165, 1.54) is 0 Å². The molecule has 180 valence electrons. The Morgan fingerprint density at radius 1 is 1.06 bits per heavy atom. The number of aliphatic hydroxyl groups is 2. The van der Waals surface area contributed by atoms with Crippen molar-refractivity contribution in [2.45, 2.75) is 39.3 Å². The fraction of sp³-hybridized carbons (Fsp3) is 0.407. The molecular weight excluding hydrogens is 430 g/mol. The molecule has 1 aliphatic heterocycles. The van der Waals surface area contributed by atoms with E-state index in [1.54, 1.807) is 4.90 Å². The lowest BCUT2D eigenvalue weighted by Crippen LogP contribution is -2.46. The van der Waals surface area contributed by atoms with Crippen LogP contribution < -0.4 is 15.5 Å². The largest absolute Gasteiger partial charge is 0.396 e. The number of urea groups is 1. The number of aliphatic hydroxyl groups excluding tert-OH is 2. The molecule has 0 unspecified atom stereocenters. The number of anilines is 1. The molecular formula is C27H33N3O4. The predicted octanol–water partition coefficient (Wildman–Crippen LogP) is 2.64. The molecule has 3 atom stereocenters. The van der Waals surface area contributed by atoms with E-state index in [2.05, 4.69) is 22.5 Å². The number of nitrogens with one attached hydrogen (secondary N) is 2. The van der Waals surface area contributed by atoms with Crippen LogP contribution in [0.3, 0.4) is 0 Å². The molecule has 0 fully saturated rings. The molecule has 0 saturated heterocycles. The van der Waals surface area contributed by atoms with Crippen LogP contribution in [0.1, 0.15) is 43.4 Å². The quantitative estimate of drug-likeness (QED) is 0.430. The summed E-state index contributed by atoms with van der Waals surface area (Å²) in [6, 6.07) is 14.7. The van der Waals surface area contributed by atoms with Crippen molar-refractivity contribution in [1.29, 1.82) is 0 Å². The van der Waals surface area contributed by atoms with Crippen molar-refractivity contribution in [3.63, 3.8) is 0 Å². The minimum Gasteiger partial charge on any atom is -0.396 e. The molecule has 7 heteroatoms. The Kier molecular flexibility index (Phi) is 9.08. The zero-order chi connectivity index (χ0) is 24.5. The summed E-state index contributed by atoms with van der Waals surface area (Å²) in [6.07, 6.45) is 0.692. The fourth-order valence-corrected chi connectivity index (χ4v) is 4.07. The van der Waals surface area contributed by atoms with Crippen LogP contribution in [0.15, 0.2) is 48.5 Å². The molecule has 0 saturated carbocycles. The second-order valence-corrected chi connectivity index (χ2v) is 8.73. The van der Waals surface area contributed by atoms with E-state index < -0.39 is 12.1 Å². The lowest BCUT2D eigenvalue weighted by molar-refractivity contribution is -0.117. The Labute approximate surface area is 201 Å². The highest BCUT2D eigenvalue weighted by molar-refractivity contribution is 5.97. The minimum atomic E-state index is -0.725. The molecule has 0 spiro atoms. The molecule has 2 aromatic carbocycles. The number of hydrogen-bond acceptors (Lipinski definition) is 4. The van der Waals surface area contributed by atoms with Crippen molar-refractivity contribution in [3.8, 4) is 11.8 Å². The van der Waals surface area contributed by atoms with Gasteiger partial charge in [-0.25, -0.2) is 4.79 Å². The number of amides is 3. The molecule has 7 nitrogen and oxygen atoms in total. The number of carbonyl (C=O) groups is 2. The SMILES string of the molecule is CC[C@@H](C[C@H](C)CO)[C@@H](O)CNC(=O)NCC(=O)N1Cc2ccccc2C#Cc2ccccc21. The van der Waals surface area contributed by atoms with E-state index in [0.717, 1.165) is 23.1 Å². The number of benzene rings is 2. The maximum Gasteiger partial charge on any atom is 0.315 e. The van der Waals surface area contributed by atoms with Crippen molar-refractivity contribution in [2.75, 3.05) is 24.6 Å². The van der Waals surface area contributed by atoms with E-state index in [-0.39, 0.29) is 37.4 Å². The van der Waals surface area contributed by atoms with E-state index in [0.29, 0.717) is 18.7 Å². The molecule has 0 aromatic heterocycles. The highest BCUT2D eigenvalue weighted by Gasteiger charge is 2.23. The number of carbonyl (C=O) groups excluding carboxylic acids is 2. The summed E-state index contributed by atoms with van der Waals surface area (Å²) in [6.45, 7) is 4.20. The van der Waals surface area contributed by atoms with Gasteiger partial charge in [0.05, 0.1) is 24.9 Å². The molecule has 0 radical (unpaired) electrons. The normalized spacial score (nSPS) is 14.8. The van der Waals surface area contributed by atoms with Crippen molar-refractivity contribution in [3.05, 3.63) is 65.2 Å². The summed E-state index contributed by atoms with van der Waals surface area (Å²) in [5, 5.41) is 24.9. The molecule has 3 rings (SSSR count). The van der Waals surface area contributed by atoms with Crippen LogP contribution in [0.5, 0.6) is 0 Å². The first-order valence-electron chi connectivity index (χ1n) is 11.7. The standard InChI is InChI=1S/C27H33N3O4/c1-3-20(14-19(2)18-31)25(32)15-28-27(34)29-16-26(33)30-17-23-10-5-4-8-21(23)12-13-22-9-6-7-11-24(22)30/h4-11,19-20,25,31-32H,3,14-18H2,1-2H3,(H2,28,29,34)/t19-,20-,25-/m0/s1. The molecule has 1 aliphatic rings. The van der Waals surface area contributed by atoms with Crippen LogP contribution in [0.4, 0.5) is 10.5 Å². The third-order valence-corrected chi connectivity index (χ3v) is 6.13. The van der Waals surface area contributed by atoms with Crippen LogP contribution in [0, 0.1) is 23.7 Å². The lowest BCUT2D eigenvalue weighted by atomic mass is 9.89. The first kappa shape index (κ1) is 25.3. The number of fused-ring (bicyclic) bond motifs is 2. The Morgan fingerprint density at radius 3 is 2.47 bits per heavy atom. The van der Waals surface area contributed by atoms with Gasteiger partial charge in [-0.15, -0.1) is 0 Å². The lowest BCUT2D eigenvalue weighted by Gasteiger charge is -2.26. The first-order chi connectivity index (χ1) is 16.4. The summed E-state index contributed by atoms with van der Waals surface area (Å²) >= 11 is 0. The zero-order valence-electron chi connectivity index (χ0n) is 19.8. The van der Waals surface area contributed by atoms with E-state index >= 15 is 0 Å². The average molecular weight is 464 g/mol. The molecule has 1 heterocycles. The third kappa shape index (κ3) is 6.60. The van der Waals surface area contributed by atoms with Gasteiger partial charge in [-0.3, -0.25) is 4.79 Å². The summed E-state index contributed by atoms with van der Waals surface area (Å²) in [5.41, 5.74) is 3.26. The van der Waals surface area contributed by atoms with Crippen molar-refractivity contribution >= 4 is 17.6 Å². The fourth-order valence-electron chi connectivity index (χ4n) is 4.07. The Morgan fingerprint density at radius 2 is 1.74 bits per heavy atom. The van der Waals surface area contributed by atoms with Crippen molar-refractivity contribution < 1.29 is 19.8 Å². The second-order valence-electron chi connectivity index (χ2n) is 8.73. The van der Waals surface area contributed by atoms with Gasteiger partial charge in [-0.1, -0.05) is 62.4 Å². The van der Waals surface area contributed by atoms with Gasteiger partial charge in [-0.05, 0) is 42.0 Å². The minimum absolute atomic E-state index is 0.0252. The molecule has 3 amide bonds. The maximum absolute atomic E-state index is 13.1. The van der Waals surface area contributed by atoms with Gasteiger partial charge in [0, 0.05) is 24.3 Å². The monoisotopic (exact) mass is 463 g/mol. The summed E-state index contributed by atoms with van der Waals surface area (Å²) < 4.78 is 0. The van der Waals surface area contributed by atoms with E-state index in [4.69, 9.17) is 0 Å². The van der Waals surface area contributed by atoms with E-state index in [1.807, 2.05) is 62.4 Å². The highest BCUT2D eigenvalue weighted by Crippen LogP contribution is 2.25. The zero-order valence-corrected chi connectivity index (χ0v) is 19.8. The number of para-hydroxylation sites is 1. The van der Waals surface area contributed by atoms with Gasteiger partial charge in [-0.2, -0.15) is 0 Å². The van der Waals surface area contributed by atoms with Crippen LogP contribution in [0.25, 0.3) is 0 Å². The van der Waals surface area contributed by atoms with Crippen molar-refractivity contribution in [1.82, 2.24) is 10.6 Å². The summed E-state index contributed by atoms with van der Waals surface area (Å²) in [4.78, 5) is 27.1. The van der Waals surface area contributed by atoms with Crippen LogP contribution in [-0.2, 0) is 11.3 Å². The molecule has 0 aliphatic carbocycles. The van der Waals surface area contributed by atoms with Gasteiger partial charge in [0.2, 0.25) is 5.91 Å². The average Bonchev–Trinajstić information content (AvgIpc) is 2.85. The van der Waals surface area contributed by atoms with Crippen LogP contribution >= 0.6 is 0 Å². The summed E-state index contributed by atoms with van der Waals surface area (Å²) in [7, 11) is 0. The Hall–Kier alpha value is -3.34. The maximum atomic E-state index is 13.1. The number of hydrogen-bond donors (Lipinski definition) is 4. The van der Waals surface area contributed by atoms with Gasteiger partial charge >= 0.3 is 6.03 Å². The smallest absolute Gasteiger partial charge is 0.315 e. The topological polar surface area (TPSA) is 102 Å². The second kappa shape index (κ2) is 12.2. The first-order valence-corrected chi connectivity index (χ1v) is 11.7. The van der Waals surface area contributed by atoms with Crippen LogP contribution in [0.2, 0.25) is 0 Å². The third-order valence-electron chi connectivity index (χ3n) is 6.13. The Bertz CT molecular complexity index is 1060. The van der Waals surface area contributed by atoms with Gasteiger partial charge in [0.1, 0.15) is 0 Å². The summed E-state index contributed by atoms with van der Waals surface area (Å²) in [5.74, 6) is 6.13. The number of rotatable bonds is 9. The van der Waals surface area contributed by atoms with E-state index in [9.17, 15) is 19.8 Å². The van der Waals surface area contributed by atoms with Crippen molar-refractivity contribution in [2.24, 2.45) is 11.8 Å². The van der Waals surface area contributed by atoms with Crippen LogP contribution in [-0.4, -0.2) is 48.0 Å². The number of nitrogens with zero attached hydrogens (tertiary/aromatic N) is 1. The molecule has 0 bridgehead atoms. The molecule has 34 heavy (non-hydrogen) atoms. The Balaban J connectivity index is 1.61. The van der Waals surface area contributed by atoms with Gasteiger partial charge in [0.25, 0.3) is 0 Å². The molecule has 2 aromatic rings.